The van der Waals surface area contributed by atoms with E-state index in [1.807, 2.05) is 0 Å². The van der Waals surface area contributed by atoms with Crippen LogP contribution in [0.15, 0.2) is 0 Å². The lowest BCUT2D eigenvalue weighted by molar-refractivity contribution is 0.0834. The van der Waals surface area contributed by atoms with Crippen LogP contribution in [-0.2, 0) is 4.74 Å². The standard InChI is InChI=1S/C6H13NO2/c1-5(8)6(7)2-3-9-4-6/h5,8H,2-4,7H2,1H3/t5?,6-/m0/s1. The third kappa shape index (κ3) is 1.23. The van der Waals surface area contributed by atoms with Gasteiger partial charge < -0.3 is 15.6 Å². The monoisotopic (exact) mass is 131 g/mol. The maximum absolute atomic E-state index is 9.11. The molecule has 0 amide bonds. The highest BCUT2D eigenvalue weighted by Gasteiger charge is 2.34. The molecule has 1 rings (SSSR count). The number of hydrogen-bond donors (Lipinski definition) is 2. The van der Waals surface area contributed by atoms with Crippen LogP contribution in [0.2, 0.25) is 0 Å². The van der Waals surface area contributed by atoms with E-state index in [1.165, 1.54) is 0 Å². The van der Waals surface area contributed by atoms with Gasteiger partial charge in [0.15, 0.2) is 0 Å². The molecule has 3 N–H and O–H groups in total. The van der Waals surface area contributed by atoms with Gasteiger partial charge in [-0.05, 0) is 13.3 Å². The summed E-state index contributed by atoms with van der Waals surface area (Å²) in [5.41, 5.74) is 5.25. The fourth-order valence-corrected chi connectivity index (χ4v) is 0.926. The van der Waals surface area contributed by atoms with Gasteiger partial charge in [-0.2, -0.15) is 0 Å². The van der Waals surface area contributed by atoms with Crippen molar-refractivity contribution in [1.29, 1.82) is 0 Å². The molecule has 3 heteroatoms. The van der Waals surface area contributed by atoms with Crippen LogP contribution in [0.4, 0.5) is 0 Å². The number of hydrogen-bond acceptors (Lipinski definition) is 3. The number of aliphatic hydroxyl groups excluding tert-OH is 1. The van der Waals surface area contributed by atoms with Crippen molar-refractivity contribution in [3.05, 3.63) is 0 Å². The quantitative estimate of drug-likeness (QED) is 0.503. The zero-order chi connectivity index (χ0) is 6.91. The molecule has 0 spiro atoms. The molecule has 1 fully saturated rings. The number of rotatable bonds is 1. The molecule has 1 aliphatic heterocycles. The van der Waals surface area contributed by atoms with Crippen molar-refractivity contribution < 1.29 is 9.84 Å². The first kappa shape index (κ1) is 6.99. The molecule has 3 nitrogen and oxygen atoms in total. The van der Waals surface area contributed by atoms with Gasteiger partial charge in [0.2, 0.25) is 0 Å². The molecule has 54 valence electrons. The zero-order valence-corrected chi connectivity index (χ0v) is 5.63. The van der Waals surface area contributed by atoms with Crippen LogP contribution in [0, 0.1) is 0 Å². The lowest BCUT2D eigenvalue weighted by Gasteiger charge is -2.24. The summed E-state index contributed by atoms with van der Waals surface area (Å²) in [5, 5.41) is 9.11. The second-order valence-electron chi connectivity index (χ2n) is 2.71. The van der Waals surface area contributed by atoms with Crippen LogP contribution in [0.25, 0.3) is 0 Å². The molecule has 0 aromatic heterocycles. The molecule has 0 aromatic carbocycles. The Kier molecular flexibility index (Phi) is 1.75. The van der Waals surface area contributed by atoms with Crippen LogP contribution >= 0.6 is 0 Å². The average Bonchev–Trinajstić information content (AvgIpc) is 2.16. The van der Waals surface area contributed by atoms with Gasteiger partial charge >= 0.3 is 0 Å². The third-order valence-corrected chi connectivity index (χ3v) is 1.91. The Morgan fingerprint density at radius 1 is 1.78 bits per heavy atom. The van der Waals surface area contributed by atoms with Crippen molar-refractivity contribution in [2.45, 2.75) is 25.0 Å². The van der Waals surface area contributed by atoms with Gasteiger partial charge in [-0.1, -0.05) is 0 Å². The minimum Gasteiger partial charge on any atom is -0.391 e. The maximum Gasteiger partial charge on any atom is 0.0715 e. The number of ether oxygens (including phenoxy) is 1. The van der Waals surface area contributed by atoms with Crippen LogP contribution in [0.3, 0.4) is 0 Å². The van der Waals surface area contributed by atoms with Gasteiger partial charge in [0.25, 0.3) is 0 Å². The van der Waals surface area contributed by atoms with E-state index in [0.29, 0.717) is 13.2 Å². The predicted octanol–water partition coefficient (Wildman–Crippen LogP) is -0.515. The molecule has 1 aliphatic rings. The highest BCUT2D eigenvalue weighted by molar-refractivity contribution is 4.92. The van der Waals surface area contributed by atoms with Gasteiger partial charge in [-0.15, -0.1) is 0 Å². The third-order valence-electron chi connectivity index (χ3n) is 1.91. The Morgan fingerprint density at radius 2 is 2.44 bits per heavy atom. The fourth-order valence-electron chi connectivity index (χ4n) is 0.926. The molecule has 9 heavy (non-hydrogen) atoms. The topological polar surface area (TPSA) is 55.5 Å². The van der Waals surface area contributed by atoms with E-state index in [0.717, 1.165) is 6.42 Å². The Hall–Kier alpha value is -0.120. The van der Waals surface area contributed by atoms with Crippen molar-refractivity contribution in [1.82, 2.24) is 0 Å². The van der Waals surface area contributed by atoms with E-state index in [2.05, 4.69) is 0 Å². The largest absolute Gasteiger partial charge is 0.391 e. The van der Waals surface area contributed by atoms with E-state index in [4.69, 9.17) is 15.6 Å². The fraction of sp³-hybridized carbons (Fsp3) is 1.00. The van der Waals surface area contributed by atoms with Crippen molar-refractivity contribution in [3.63, 3.8) is 0 Å². The van der Waals surface area contributed by atoms with Crippen molar-refractivity contribution in [2.24, 2.45) is 5.73 Å². The molecule has 1 heterocycles. The lowest BCUT2D eigenvalue weighted by atomic mass is 9.94. The number of nitrogens with two attached hydrogens (primary N) is 1. The molecule has 0 bridgehead atoms. The normalized spacial score (nSPS) is 39.0. The van der Waals surface area contributed by atoms with Gasteiger partial charge in [-0.25, -0.2) is 0 Å². The first-order valence-corrected chi connectivity index (χ1v) is 3.20. The molecular formula is C6H13NO2. The van der Waals surface area contributed by atoms with Crippen LogP contribution in [0.5, 0.6) is 0 Å². The van der Waals surface area contributed by atoms with Gasteiger partial charge in [0, 0.05) is 6.61 Å². The minimum absolute atomic E-state index is 0.458. The minimum atomic E-state index is -0.472. The molecule has 0 aromatic rings. The van der Waals surface area contributed by atoms with Crippen LogP contribution in [0.1, 0.15) is 13.3 Å². The summed E-state index contributed by atoms with van der Waals surface area (Å²) < 4.78 is 5.04. The van der Waals surface area contributed by atoms with E-state index in [-0.39, 0.29) is 0 Å². The van der Waals surface area contributed by atoms with Crippen LogP contribution in [-0.4, -0.2) is 30.0 Å². The smallest absolute Gasteiger partial charge is 0.0715 e. The predicted molar refractivity (Wildman–Crippen MR) is 34.0 cm³/mol. The average molecular weight is 131 g/mol. The Morgan fingerprint density at radius 3 is 2.67 bits per heavy atom. The summed E-state index contributed by atoms with van der Waals surface area (Å²) in [4.78, 5) is 0. The summed E-state index contributed by atoms with van der Waals surface area (Å²) in [6, 6.07) is 0. The van der Waals surface area contributed by atoms with E-state index >= 15 is 0 Å². The van der Waals surface area contributed by atoms with Gasteiger partial charge in [-0.3, -0.25) is 0 Å². The summed E-state index contributed by atoms with van der Waals surface area (Å²) in [6.07, 6.45) is 0.310. The molecule has 0 radical (unpaired) electrons. The molecule has 0 saturated carbocycles. The van der Waals surface area contributed by atoms with Crippen molar-refractivity contribution >= 4 is 0 Å². The first-order chi connectivity index (χ1) is 4.15. The second-order valence-corrected chi connectivity index (χ2v) is 2.71. The van der Waals surface area contributed by atoms with Gasteiger partial charge in [0.05, 0.1) is 18.2 Å². The summed E-state index contributed by atoms with van der Waals surface area (Å²) in [7, 11) is 0. The summed E-state index contributed by atoms with van der Waals surface area (Å²) in [6.45, 7) is 2.88. The maximum atomic E-state index is 9.11. The Labute approximate surface area is 54.8 Å². The zero-order valence-electron chi connectivity index (χ0n) is 5.63. The molecular weight excluding hydrogens is 118 g/mol. The van der Waals surface area contributed by atoms with E-state index < -0.39 is 11.6 Å². The first-order valence-electron chi connectivity index (χ1n) is 3.20. The van der Waals surface area contributed by atoms with E-state index in [1.54, 1.807) is 6.92 Å². The summed E-state index contributed by atoms with van der Waals surface area (Å²) in [5.74, 6) is 0. The Bertz CT molecular complexity index is 97.2. The highest BCUT2D eigenvalue weighted by atomic mass is 16.5. The molecule has 0 aliphatic carbocycles. The molecule has 2 atom stereocenters. The number of aliphatic hydroxyl groups is 1. The van der Waals surface area contributed by atoms with Crippen LogP contribution < -0.4 is 5.73 Å². The second kappa shape index (κ2) is 2.25. The Balaban J connectivity index is 2.51. The SMILES string of the molecule is CC(O)[C@]1(N)CCOC1. The van der Waals surface area contributed by atoms with Crippen molar-refractivity contribution in [3.8, 4) is 0 Å². The summed E-state index contributed by atoms with van der Waals surface area (Å²) >= 11 is 0. The van der Waals surface area contributed by atoms with Gasteiger partial charge in [0.1, 0.15) is 0 Å². The highest BCUT2D eigenvalue weighted by Crippen LogP contribution is 2.18. The van der Waals surface area contributed by atoms with Crippen molar-refractivity contribution in [2.75, 3.05) is 13.2 Å². The molecule has 1 saturated heterocycles. The van der Waals surface area contributed by atoms with E-state index in [9.17, 15) is 0 Å². The lowest BCUT2D eigenvalue weighted by Crippen LogP contribution is -2.49. The molecule has 1 unspecified atom stereocenters.